The summed E-state index contributed by atoms with van der Waals surface area (Å²) in [6, 6.07) is 0.321. The van der Waals surface area contributed by atoms with Crippen LogP contribution in [0.1, 0.15) is 19.3 Å². The second kappa shape index (κ2) is 5.30. The van der Waals surface area contributed by atoms with E-state index in [4.69, 9.17) is 11.6 Å². The first kappa shape index (κ1) is 12.2. The SMILES string of the molecule is CN1CCCCC1CNS(=O)(=O)CCl. The Labute approximate surface area is 90.7 Å². The van der Waals surface area contributed by atoms with Crippen molar-refractivity contribution in [2.45, 2.75) is 25.3 Å². The second-order valence-corrected chi connectivity index (χ2v) is 6.09. The van der Waals surface area contributed by atoms with E-state index >= 15 is 0 Å². The van der Waals surface area contributed by atoms with E-state index in [9.17, 15) is 8.42 Å². The van der Waals surface area contributed by atoms with Crippen LogP contribution in [0, 0.1) is 0 Å². The van der Waals surface area contributed by atoms with Crippen molar-refractivity contribution in [1.29, 1.82) is 0 Å². The standard InChI is InChI=1S/C8H17ClN2O2S/c1-11-5-3-2-4-8(11)6-10-14(12,13)7-9/h8,10H,2-7H2,1H3. The molecule has 1 unspecified atom stereocenters. The Morgan fingerprint density at radius 2 is 2.21 bits per heavy atom. The molecule has 0 spiro atoms. The van der Waals surface area contributed by atoms with Crippen LogP contribution in [-0.2, 0) is 10.0 Å². The Hall–Kier alpha value is 0.160. The molecule has 0 aliphatic carbocycles. The van der Waals surface area contributed by atoms with Crippen molar-refractivity contribution in [1.82, 2.24) is 9.62 Å². The van der Waals surface area contributed by atoms with Crippen molar-refractivity contribution < 1.29 is 8.42 Å². The summed E-state index contributed by atoms with van der Waals surface area (Å²) < 4.78 is 24.7. The summed E-state index contributed by atoms with van der Waals surface area (Å²) >= 11 is 5.28. The van der Waals surface area contributed by atoms with Crippen LogP contribution in [0.15, 0.2) is 0 Å². The second-order valence-electron chi connectivity index (χ2n) is 3.70. The largest absolute Gasteiger partial charge is 0.302 e. The minimum absolute atomic E-state index is 0.321. The summed E-state index contributed by atoms with van der Waals surface area (Å²) in [6.45, 7) is 1.53. The molecule has 0 bridgehead atoms. The first-order valence-corrected chi connectivity index (χ1v) is 6.97. The molecule has 6 heteroatoms. The lowest BCUT2D eigenvalue weighted by atomic mass is 10.0. The van der Waals surface area contributed by atoms with Crippen molar-refractivity contribution in [2.75, 3.05) is 25.3 Å². The molecule has 0 aromatic rings. The van der Waals surface area contributed by atoms with Crippen molar-refractivity contribution in [3.63, 3.8) is 0 Å². The summed E-state index contributed by atoms with van der Waals surface area (Å²) in [5.74, 6) is 0. The molecular weight excluding hydrogens is 224 g/mol. The van der Waals surface area contributed by atoms with Gasteiger partial charge in [-0.05, 0) is 26.4 Å². The summed E-state index contributed by atoms with van der Waals surface area (Å²) in [5.41, 5.74) is 0. The first-order chi connectivity index (χ1) is 6.55. The number of alkyl halides is 1. The van der Waals surface area contributed by atoms with E-state index in [-0.39, 0.29) is 5.21 Å². The number of nitrogens with one attached hydrogen (secondary N) is 1. The van der Waals surface area contributed by atoms with Gasteiger partial charge in [0.25, 0.3) is 0 Å². The molecule has 1 heterocycles. The fourth-order valence-corrected chi connectivity index (χ4v) is 2.42. The van der Waals surface area contributed by atoms with E-state index in [0.29, 0.717) is 12.6 Å². The van der Waals surface area contributed by atoms with E-state index in [1.54, 1.807) is 0 Å². The molecule has 14 heavy (non-hydrogen) atoms. The molecule has 1 rings (SSSR count). The van der Waals surface area contributed by atoms with Gasteiger partial charge in [0, 0.05) is 12.6 Å². The van der Waals surface area contributed by atoms with E-state index < -0.39 is 10.0 Å². The minimum Gasteiger partial charge on any atom is -0.302 e. The number of nitrogens with zero attached hydrogens (tertiary/aromatic N) is 1. The lowest BCUT2D eigenvalue weighted by molar-refractivity contribution is 0.187. The fraction of sp³-hybridized carbons (Fsp3) is 1.00. The highest BCUT2D eigenvalue weighted by molar-refractivity contribution is 7.90. The molecule has 1 fully saturated rings. The van der Waals surface area contributed by atoms with Crippen LogP contribution < -0.4 is 4.72 Å². The number of hydrogen-bond acceptors (Lipinski definition) is 3. The molecule has 0 aromatic carbocycles. The molecule has 1 aliphatic rings. The van der Waals surface area contributed by atoms with Gasteiger partial charge in [-0.15, -0.1) is 11.6 Å². The van der Waals surface area contributed by atoms with Gasteiger partial charge in [-0.1, -0.05) is 6.42 Å². The van der Waals surface area contributed by atoms with Crippen LogP contribution in [0.4, 0.5) is 0 Å². The van der Waals surface area contributed by atoms with Crippen molar-refractivity contribution >= 4 is 21.6 Å². The molecular formula is C8H17ClN2O2S. The predicted molar refractivity (Wildman–Crippen MR) is 57.9 cm³/mol. The van der Waals surface area contributed by atoms with Gasteiger partial charge in [-0.25, -0.2) is 13.1 Å². The Morgan fingerprint density at radius 1 is 1.50 bits per heavy atom. The van der Waals surface area contributed by atoms with Crippen LogP contribution in [-0.4, -0.2) is 44.7 Å². The maximum atomic E-state index is 11.1. The third-order valence-corrected chi connectivity index (χ3v) is 4.36. The third kappa shape index (κ3) is 3.73. The number of rotatable bonds is 4. The number of piperidine rings is 1. The molecule has 1 N–H and O–H groups in total. The molecule has 1 aliphatic heterocycles. The summed E-state index contributed by atoms with van der Waals surface area (Å²) in [7, 11) is -1.23. The highest BCUT2D eigenvalue weighted by Gasteiger charge is 2.20. The summed E-state index contributed by atoms with van der Waals surface area (Å²) in [6.07, 6.45) is 3.44. The number of likely N-dealkylation sites (tertiary alicyclic amines) is 1. The Morgan fingerprint density at radius 3 is 2.79 bits per heavy atom. The van der Waals surface area contributed by atoms with E-state index in [1.807, 2.05) is 7.05 Å². The van der Waals surface area contributed by atoms with Crippen LogP contribution >= 0.6 is 11.6 Å². The van der Waals surface area contributed by atoms with Crippen LogP contribution in [0.25, 0.3) is 0 Å². The van der Waals surface area contributed by atoms with Crippen LogP contribution in [0.5, 0.6) is 0 Å². The van der Waals surface area contributed by atoms with Crippen molar-refractivity contribution in [2.24, 2.45) is 0 Å². The maximum Gasteiger partial charge on any atom is 0.225 e. The topological polar surface area (TPSA) is 49.4 Å². The molecule has 1 saturated heterocycles. The Bertz CT molecular complexity index is 269. The summed E-state index contributed by atoms with van der Waals surface area (Å²) in [4.78, 5) is 2.19. The maximum absolute atomic E-state index is 11.1. The van der Waals surface area contributed by atoms with Crippen LogP contribution in [0.3, 0.4) is 0 Å². The molecule has 0 saturated carbocycles. The number of halogens is 1. The molecule has 1 atom stereocenters. The van der Waals surface area contributed by atoms with Gasteiger partial charge in [-0.2, -0.15) is 0 Å². The van der Waals surface area contributed by atoms with Crippen molar-refractivity contribution in [3.05, 3.63) is 0 Å². The molecule has 84 valence electrons. The van der Waals surface area contributed by atoms with Crippen molar-refractivity contribution in [3.8, 4) is 0 Å². The van der Waals surface area contributed by atoms with Gasteiger partial charge in [0.05, 0.1) is 0 Å². The van der Waals surface area contributed by atoms with E-state index in [2.05, 4.69) is 9.62 Å². The highest BCUT2D eigenvalue weighted by atomic mass is 35.5. The smallest absolute Gasteiger partial charge is 0.225 e. The van der Waals surface area contributed by atoms with Gasteiger partial charge >= 0.3 is 0 Å². The average Bonchev–Trinajstić information content (AvgIpc) is 2.17. The monoisotopic (exact) mass is 240 g/mol. The Balaban J connectivity index is 2.36. The van der Waals surface area contributed by atoms with Gasteiger partial charge in [0.2, 0.25) is 10.0 Å². The van der Waals surface area contributed by atoms with Gasteiger partial charge in [0.1, 0.15) is 5.21 Å². The molecule has 0 amide bonds. The normalized spacial score (nSPS) is 25.1. The number of hydrogen-bond donors (Lipinski definition) is 1. The lowest BCUT2D eigenvalue weighted by Gasteiger charge is -2.32. The zero-order valence-corrected chi connectivity index (χ0v) is 9.94. The third-order valence-electron chi connectivity index (χ3n) is 2.60. The lowest BCUT2D eigenvalue weighted by Crippen LogP contribution is -2.44. The Kier molecular flexibility index (Phi) is 4.63. The molecule has 0 radical (unpaired) electrons. The number of likely N-dealkylation sites (N-methyl/N-ethyl adjacent to an activating group) is 1. The van der Waals surface area contributed by atoms with E-state index in [0.717, 1.165) is 13.0 Å². The average molecular weight is 241 g/mol. The van der Waals surface area contributed by atoms with E-state index in [1.165, 1.54) is 12.8 Å². The predicted octanol–water partition coefficient (Wildman–Crippen LogP) is 0.586. The zero-order chi connectivity index (χ0) is 10.6. The first-order valence-electron chi connectivity index (χ1n) is 4.79. The van der Waals surface area contributed by atoms with Gasteiger partial charge in [0.15, 0.2) is 0 Å². The van der Waals surface area contributed by atoms with Crippen LogP contribution in [0.2, 0.25) is 0 Å². The fourth-order valence-electron chi connectivity index (χ4n) is 1.66. The highest BCUT2D eigenvalue weighted by Crippen LogP contribution is 2.14. The quantitative estimate of drug-likeness (QED) is 0.732. The molecule has 4 nitrogen and oxygen atoms in total. The van der Waals surface area contributed by atoms with Gasteiger partial charge in [-0.3, -0.25) is 0 Å². The zero-order valence-electron chi connectivity index (χ0n) is 8.37. The van der Waals surface area contributed by atoms with Gasteiger partial charge < -0.3 is 4.90 Å². The molecule has 0 aromatic heterocycles. The number of sulfonamides is 1. The minimum atomic E-state index is -3.25. The summed E-state index contributed by atoms with van der Waals surface area (Å²) in [5, 5.41) is -0.358.